The zero-order chi connectivity index (χ0) is 22.9. The number of phenolic OH excluding ortho intramolecular Hbond substituents is 1. The second kappa shape index (κ2) is 8.84. The van der Waals surface area contributed by atoms with Crippen molar-refractivity contribution in [3.05, 3.63) is 59.7 Å². The molecule has 5 atom stereocenters. The summed E-state index contributed by atoms with van der Waals surface area (Å²) in [4.78, 5) is 15.2. The SMILES string of the molecule is COc1ccccc1[C@]1(O)C[C@H](CC#N)C[C@H]2CN(C(=O)[C@@H](C)c3ccccc3O)C[C@H]21. The van der Waals surface area contributed by atoms with Gasteiger partial charge in [0, 0.05) is 36.6 Å². The summed E-state index contributed by atoms with van der Waals surface area (Å²) in [6, 6.07) is 16.7. The predicted octanol–water partition coefficient (Wildman–Crippen LogP) is 3.79. The third kappa shape index (κ3) is 3.82. The van der Waals surface area contributed by atoms with E-state index in [0.717, 1.165) is 12.0 Å². The van der Waals surface area contributed by atoms with Gasteiger partial charge in [0.15, 0.2) is 0 Å². The molecule has 1 heterocycles. The Balaban J connectivity index is 1.65. The highest BCUT2D eigenvalue weighted by Gasteiger charge is 2.54. The number of benzene rings is 2. The molecule has 0 unspecified atom stereocenters. The molecule has 0 spiro atoms. The maximum absolute atomic E-state index is 13.4. The van der Waals surface area contributed by atoms with Crippen LogP contribution in [0.15, 0.2) is 48.5 Å². The molecular formula is C26H30N2O4. The molecule has 0 bridgehead atoms. The molecule has 6 heteroatoms. The molecule has 4 rings (SSSR count). The van der Waals surface area contributed by atoms with Crippen molar-refractivity contribution in [2.24, 2.45) is 17.8 Å². The Kier molecular flexibility index (Phi) is 6.12. The van der Waals surface area contributed by atoms with E-state index < -0.39 is 11.5 Å². The number of ether oxygens (including phenoxy) is 1. The van der Waals surface area contributed by atoms with Crippen molar-refractivity contribution in [2.45, 2.75) is 37.7 Å². The van der Waals surface area contributed by atoms with Crippen LogP contribution in [-0.4, -0.2) is 41.2 Å². The molecule has 1 aliphatic carbocycles. The first-order valence-corrected chi connectivity index (χ1v) is 11.2. The topological polar surface area (TPSA) is 93.8 Å². The molecule has 1 saturated heterocycles. The minimum absolute atomic E-state index is 0.0555. The molecule has 32 heavy (non-hydrogen) atoms. The normalized spacial score (nSPS) is 27.9. The van der Waals surface area contributed by atoms with Crippen molar-refractivity contribution < 1.29 is 19.7 Å². The van der Waals surface area contributed by atoms with E-state index >= 15 is 0 Å². The monoisotopic (exact) mass is 434 g/mol. The molecule has 2 aromatic carbocycles. The zero-order valence-electron chi connectivity index (χ0n) is 18.6. The molecule has 1 saturated carbocycles. The van der Waals surface area contributed by atoms with E-state index in [4.69, 9.17) is 4.74 Å². The maximum atomic E-state index is 13.4. The molecule has 1 aliphatic heterocycles. The number of fused-ring (bicyclic) bond motifs is 1. The number of hydrogen-bond donors (Lipinski definition) is 2. The number of carbonyl (C=O) groups is 1. The summed E-state index contributed by atoms with van der Waals surface area (Å²) >= 11 is 0. The van der Waals surface area contributed by atoms with Crippen molar-refractivity contribution >= 4 is 5.91 Å². The summed E-state index contributed by atoms with van der Waals surface area (Å²) in [5, 5.41) is 31.6. The largest absolute Gasteiger partial charge is 0.508 e. The van der Waals surface area contributed by atoms with Gasteiger partial charge in [-0.2, -0.15) is 5.26 Å². The lowest BCUT2D eigenvalue weighted by atomic mass is 9.63. The Hall–Kier alpha value is -3.04. The van der Waals surface area contributed by atoms with Crippen molar-refractivity contribution in [1.82, 2.24) is 4.90 Å². The number of phenols is 1. The Bertz CT molecular complexity index is 1030. The van der Waals surface area contributed by atoms with Gasteiger partial charge in [-0.25, -0.2) is 0 Å². The van der Waals surface area contributed by atoms with E-state index in [1.54, 1.807) is 25.3 Å². The molecule has 2 aliphatic rings. The highest BCUT2D eigenvalue weighted by atomic mass is 16.5. The van der Waals surface area contributed by atoms with Crippen LogP contribution >= 0.6 is 0 Å². The molecule has 2 N–H and O–H groups in total. The Labute approximate surface area is 189 Å². The Morgan fingerprint density at radius 1 is 1.25 bits per heavy atom. The number of amides is 1. The second-order valence-corrected chi connectivity index (χ2v) is 9.18. The van der Waals surface area contributed by atoms with Gasteiger partial charge in [-0.3, -0.25) is 4.79 Å². The number of nitriles is 1. The average Bonchev–Trinajstić information content (AvgIpc) is 3.24. The fourth-order valence-electron chi connectivity index (χ4n) is 5.79. The van der Waals surface area contributed by atoms with E-state index in [9.17, 15) is 20.3 Å². The number of para-hydroxylation sites is 2. The number of methoxy groups -OCH3 is 1. The maximum Gasteiger partial charge on any atom is 0.229 e. The van der Waals surface area contributed by atoms with E-state index in [1.165, 1.54) is 0 Å². The van der Waals surface area contributed by atoms with Gasteiger partial charge in [0.05, 0.1) is 24.7 Å². The predicted molar refractivity (Wildman–Crippen MR) is 120 cm³/mol. The lowest BCUT2D eigenvalue weighted by Gasteiger charge is -2.45. The van der Waals surface area contributed by atoms with Crippen LogP contribution in [0.1, 0.15) is 43.2 Å². The van der Waals surface area contributed by atoms with Crippen molar-refractivity contribution in [3.8, 4) is 17.6 Å². The van der Waals surface area contributed by atoms with Crippen LogP contribution in [0.2, 0.25) is 0 Å². The van der Waals surface area contributed by atoms with Crippen LogP contribution in [0, 0.1) is 29.1 Å². The number of hydrogen-bond acceptors (Lipinski definition) is 5. The van der Waals surface area contributed by atoms with Gasteiger partial charge in [0.25, 0.3) is 0 Å². The summed E-state index contributed by atoms with van der Waals surface area (Å²) in [6.45, 7) is 2.79. The van der Waals surface area contributed by atoms with Crippen LogP contribution in [0.25, 0.3) is 0 Å². The quantitative estimate of drug-likeness (QED) is 0.747. The fourth-order valence-corrected chi connectivity index (χ4v) is 5.79. The second-order valence-electron chi connectivity index (χ2n) is 9.18. The van der Waals surface area contributed by atoms with Gasteiger partial charge >= 0.3 is 0 Å². The smallest absolute Gasteiger partial charge is 0.229 e. The van der Waals surface area contributed by atoms with Gasteiger partial charge < -0.3 is 19.8 Å². The number of likely N-dealkylation sites (tertiary alicyclic amines) is 1. The fraction of sp³-hybridized carbons (Fsp3) is 0.462. The molecular weight excluding hydrogens is 404 g/mol. The molecule has 2 fully saturated rings. The van der Waals surface area contributed by atoms with Crippen LogP contribution in [-0.2, 0) is 10.4 Å². The summed E-state index contributed by atoms with van der Waals surface area (Å²) in [5.74, 6) is 0.211. The van der Waals surface area contributed by atoms with Crippen LogP contribution < -0.4 is 4.74 Å². The third-order valence-corrected chi connectivity index (χ3v) is 7.33. The van der Waals surface area contributed by atoms with Gasteiger partial charge in [0.2, 0.25) is 5.91 Å². The highest BCUT2D eigenvalue weighted by Crippen LogP contribution is 2.53. The Morgan fingerprint density at radius 3 is 2.69 bits per heavy atom. The van der Waals surface area contributed by atoms with E-state index in [2.05, 4.69) is 6.07 Å². The Morgan fingerprint density at radius 2 is 1.97 bits per heavy atom. The number of rotatable bonds is 5. The molecule has 2 aromatic rings. The molecule has 1 amide bonds. The lowest BCUT2D eigenvalue weighted by molar-refractivity contribution is -0.132. The molecule has 6 nitrogen and oxygen atoms in total. The summed E-state index contributed by atoms with van der Waals surface area (Å²) < 4.78 is 5.56. The van der Waals surface area contributed by atoms with Crippen LogP contribution in [0.3, 0.4) is 0 Å². The highest BCUT2D eigenvalue weighted by molar-refractivity contribution is 5.84. The lowest BCUT2D eigenvalue weighted by Crippen LogP contribution is -2.46. The van der Waals surface area contributed by atoms with E-state index in [-0.39, 0.29) is 29.4 Å². The van der Waals surface area contributed by atoms with Crippen LogP contribution in [0.4, 0.5) is 0 Å². The van der Waals surface area contributed by atoms with E-state index in [0.29, 0.717) is 37.2 Å². The van der Waals surface area contributed by atoms with Crippen molar-refractivity contribution in [1.29, 1.82) is 5.26 Å². The van der Waals surface area contributed by atoms with Gasteiger partial charge in [-0.15, -0.1) is 0 Å². The van der Waals surface area contributed by atoms with Gasteiger partial charge in [-0.05, 0) is 43.7 Å². The molecule has 0 aromatic heterocycles. The first-order valence-electron chi connectivity index (χ1n) is 11.2. The van der Waals surface area contributed by atoms with Crippen molar-refractivity contribution in [2.75, 3.05) is 20.2 Å². The van der Waals surface area contributed by atoms with Gasteiger partial charge in [0.1, 0.15) is 11.5 Å². The number of aliphatic hydroxyl groups is 1. The zero-order valence-corrected chi connectivity index (χ0v) is 18.6. The van der Waals surface area contributed by atoms with E-state index in [1.807, 2.05) is 42.2 Å². The van der Waals surface area contributed by atoms with Crippen LogP contribution in [0.5, 0.6) is 11.5 Å². The molecule has 168 valence electrons. The first kappa shape index (κ1) is 22.2. The average molecular weight is 435 g/mol. The number of carbonyl (C=O) groups excluding carboxylic acids is 1. The summed E-state index contributed by atoms with van der Waals surface area (Å²) in [7, 11) is 1.59. The number of aromatic hydroxyl groups is 1. The minimum atomic E-state index is -1.18. The minimum Gasteiger partial charge on any atom is -0.508 e. The van der Waals surface area contributed by atoms with Gasteiger partial charge in [-0.1, -0.05) is 36.4 Å². The number of nitrogens with zero attached hydrogens (tertiary/aromatic N) is 2. The summed E-state index contributed by atoms with van der Waals surface area (Å²) in [5.41, 5.74) is 0.155. The standard InChI is InChI=1S/C26H30N2O4/c1-17(20-7-3-5-9-23(20)29)25(30)28-15-19-13-18(11-12-27)14-26(31,22(19)16-28)21-8-4-6-10-24(21)32-2/h3-10,17-19,22,29,31H,11,13-16H2,1-2H3/t17-,18+,19-,22+,26+/m0/s1. The first-order chi connectivity index (χ1) is 15.4. The summed E-state index contributed by atoms with van der Waals surface area (Å²) in [6.07, 6.45) is 1.66. The third-order valence-electron chi connectivity index (χ3n) is 7.33. The molecule has 0 radical (unpaired) electrons. The van der Waals surface area contributed by atoms with Crippen molar-refractivity contribution in [3.63, 3.8) is 0 Å².